The van der Waals surface area contributed by atoms with E-state index in [0.29, 0.717) is 11.7 Å². The van der Waals surface area contributed by atoms with E-state index in [9.17, 15) is 5.11 Å². The van der Waals surface area contributed by atoms with Crippen LogP contribution in [0.5, 0.6) is 0 Å². The molecule has 1 rings (SSSR count). The van der Waals surface area contributed by atoms with Crippen molar-refractivity contribution in [3.8, 4) is 0 Å². The normalized spacial score (nSPS) is 16.2. The third-order valence-corrected chi connectivity index (χ3v) is 2.60. The first-order chi connectivity index (χ1) is 6.02. The van der Waals surface area contributed by atoms with Crippen LogP contribution in [0.15, 0.2) is 16.5 Å². The van der Waals surface area contributed by atoms with Crippen molar-refractivity contribution in [1.82, 2.24) is 0 Å². The second kappa shape index (κ2) is 3.97. The van der Waals surface area contributed by atoms with E-state index in [1.807, 2.05) is 26.0 Å². The Morgan fingerprint density at radius 2 is 1.85 bits per heavy atom. The highest BCUT2D eigenvalue weighted by atomic mass is 16.4. The summed E-state index contributed by atoms with van der Waals surface area (Å²) >= 11 is 0. The minimum absolute atomic E-state index is 0.227. The largest absolute Gasteiger partial charge is 0.464 e. The molecule has 2 atom stereocenters. The van der Waals surface area contributed by atoms with Gasteiger partial charge >= 0.3 is 0 Å². The van der Waals surface area contributed by atoms with Gasteiger partial charge < -0.3 is 9.52 Å². The van der Waals surface area contributed by atoms with Crippen molar-refractivity contribution in [3.05, 3.63) is 23.7 Å². The van der Waals surface area contributed by atoms with Gasteiger partial charge in [0.2, 0.25) is 0 Å². The van der Waals surface area contributed by atoms with Crippen molar-refractivity contribution < 1.29 is 9.52 Å². The fraction of sp³-hybridized carbons (Fsp3) is 0.636. The van der Waals surface area contributed by atoms with Crippen molar-refractivity contribution in [3.63, 3.8) is 0 Å². The summed E-state index contributed by atoms with van der Waals surface area (Å²) in [6.07, 6.45) is -0.478. The summed E-state index contributed by atoms with van der Waals surface area (Å²) in [4.78, 5) is 0. The smallest absolute Gasteiger partial charge is 0.132 e. The molecule has 2 heteroatoms. The molecule has 0 spiro atoms. The Labute approximate surface area is 79.6 Å². The molecule has 0 saturated carbocycles. The highest BCUT2D eigenvalue weighted by molar-refractivity contribution is 5.08. The van der Waals surface area contributed by atoms with Gasteiger partial charge in [0.25, 0.3) is 0 Å². The van der Waals surface area contributed by atoms with E-state index in [1.54, 1.807) is 0 Å². The van der Waals surface area contributed by atoms with Crippen LogP contribution in [-0.4, -0.2) is 5.11 Å². The summed E-state index contributed by atoms with van der Waals surface area (Å²) in [5.41, 5.74) is 0. The van der Waals surface area contributed by atoms with Crippen molar-refractivity contribution in [2.45, 2.75) is 33.8 Å². The predicted molar refractivity (Wildman–Crippen MR) is 52.4 cm³/mol. The molecule has 13 heavy (non-hydrogen) atoms. The summed E-state index contributed by atoms with van der Waals surface area (Å²) < 4.78 is 5.37. The topological polar surface area (TPSA) is 33.4 Å². The molecule has 74 valence electrons. The Hall–Kier alpha value is -0.760. The van der Waals surface area contributed by atoms with Gasteiger partial charge in [-0.2, -0.15) is 0 Å². The first kappa shape index (κ1) is 10.3. The van der Waals surface area contributed by atoms with Gasteiger partial charge in [-0.25, -0.2) is 0 Å². The van der Waals surface area contributed by atoms with Gasteiger partial charge in [0, 0.05) is 0 Å². The first-order valence-electron chi connectivity index (χ1n) is 4.76. The van der Waals surface area contributed by atoms with Gasteiger partial charge in [0.05, 0.1) is 0 Å². The zero-order valence-electron chi connectivity index (χ0n) is 8.74. The third kappa shape index (κ3) is 2.34. The fourth-order valence-corrected chi connectivity index (χ4v) is 1.24. The second-order valence-electron chi connectivity index (χ2n) is 4.00. The molecular formula is C11H18O2. The van der Waals surface area contributed by atoms with Crippen LogP contribution in [0.1, 0.15) is 38.4 Å². The zero-order valence-corrected chi connectivity index (χ0v) is 8.74. The predicted octanol–water partition coefficient (Wildman–Crippen LogP) is 2.91. The Morgan fingerprint density at radius 1 is 1.23 bits per heavy atom. The molecule has 0 aliphatic heterocycles. The molecule has 0 aliphatic carbocycles. The highest BCUT2D eigenvalue weighted by Gasteiger charge is 2.21. The average Bonchev–Trinajstić information content (AvgIpc) is 2.49. The zero-order chi connectivity index (χ0) is 10.0. The van der Waals surface area contributed by atoms with Crippen LogP contribution in [-0.2, 0) is 0 Å². The molecular weight excluding hydrogens is 164 g/mol. The van der Waals surface area contributed by atoms with E-state index >= 15 is 0 Å². The van der Waals surface area contributed by atoms with Crippen LogP contribution in [0, 0.1) is 18.8 Å². The van der Waals surface area contributed by atoms with Crippen LogP contribution >= 0.6 is 0 Å². The standard InChI is InChI=1S/C11H18O2/c1-7(2)9(4)11(12)10-6-5-8(3)13-10/h5-7,9,11-12H,1-4H3. The minimum Gasteiger partial charge on any atom is -0.464 e. The highest BCUT2D eigenvalue weighted by Crippen LogP contribution is 2.28. The van der Waals surface area contributed by atoms with Gasteiger partial charge in [0.1, 0.15) is 17.6 Å². The van der Waals surface area contributed by atoms with Crippen LogP contribution in [0.3, 0.4) is 0 Å². The summed E-state index contributed by atoms with van der Waals surface area (Å²) in [5, 5.41) is 9.88. The average molecular weight is 182 g/mol. The van der Waals surface area contributed by atoms with Crippen LogP contribution in [0.25, 0.3) is 0 Å². The lowest BCUT2D eigenvalue weighted by molar-refractivity contribution is 0.0708. The quantitative estimate of drug-likeness (QED) is 0.779. The first-order valence-corrected chi connectivity index (χ1v) is 4.76. The van der Waals surface area contributed by atoms with Gasteiger partial charge in [-0.05, 0) is 30.9 Å². The monoisotopic (exact) mass is 182 g/mol. The van der Waals surface area contributed by atoms with Gasteiger partial charge in [0.15, 0.2) is 0 Å². The maximum Gasteiger partial charge on any atom is 0.132 e. The molecule has 0 aliphatic rings. The Kier molecular flexibility index (Phi) is 3.15. The minimum atomic E-state index is -0.478. The number of rotatable bonds is 3. The summed E-state index contributed by atoms with van der Waals surface area (Å²) in [7, 11) is 0. The number of aryl methyl sites for hydroxylation is 1. The van der Waals surface area contributed by atoms with E-state index in [4.69, 9.17) is 4.42 Å². The number of furan rings is 1. The van der Waals surface area contributed by atoms with Crippen molar-refractivity contribution >= 4 is 0 Å². The number of hydrogen-bond acceptors (Lipinski definition) is 2. The van der Waals surface area contributed by atoms with E-state index in [2.05, 4.69) is 13.8 Å². The van der Waals surface area contributed by atoms with Crippen molar-refractivity contribution in [2.75, 3.05) is 0 Å². The summed E-state index contributed by atoms with van der Waals surface area (Å²) in [6.45, 7) is 8.12. The van der Waals surface area contributed by atoms with E-state index in [-0.39, 0.29) is 5.92 Å². The molecule has 0 fully saturated rings. The molecule has 0 radical (unpaired) electrons. The van der Waals surface area contributed by atoms with Gasteiger partial charge in [-0.1, -0.05) is 20.8 Å². The van der Waals surface area contributed by atoms with Crippen molar-refractivity contribution in [2.24, 2.45) is 11.8 Å². The van der Waals surface area contributed by atoms with E-state index < -0.39 is 6.10 Å². The number of hydrogen-bond donors (Lipinski definition) is 1. The van der Waals surface area contributed by atoms with Crippen LogP contribution < -0.4 is 0 Å². The summed E-state index contributed by atoms with van der Waals surface area (Å²) in [5.74, 6) is 2.22. The Bertz CT molecular complexity index is 263. The van der Waals surface area contributed by atoms with Crippen LogP contribution in [0.2, 0.25) is 0 Å². The van der Waals surface area contributed by atoms with Gasteiger partial charge in [-0.3, -0.25) is 0 Å². The molecule has 0 bridgehead atoms. The lowest BCUT2D eigenvalue weighted by atomic mass is 9.91. The second-order valence-corrected chi connectivity index (χ2v) is 4.00. The molecule has 1 aromatic heterocycles. The molecule has 1 N–H and O–H groups in total. The molecule has 0 saturated heterocycles. The number of aliphatic hydroxyl groups is 1. The summed E-state index contributed by atoms with van der Waals surface area (Å²) in [6, 6.07) is 3.73. The number of aliphatic hydroxyl groups excluding tert-OH is 1. The molecule has 1 heterocycles. The van der Waals surface area contributed by atoms with Gasteiger partial charge in [-0.15, -0.1) is 0 Å². The maximum absolute atomic E-state index is 9.88. The van der Waals surface area contributed by atoms with E-state index in [0.717, 1.165) is 5.76 Å². The molecule has 0 amide bonds. The van der Waals surface area contributed by atoms with Crippen molar-refractivity contribution in [1.29, 1.82) is 0 Å². The Balaban J connectivity index is 2.73. The maximum atomic E-state index is 9.88. The molecule has 0 aromatic carbocycles. The van der Waals surface area contributed by atoms with E-state index in [1.165, 1.54) is 0 Å². The Morgan fingerprint density at radius 3 is 2.23 bits per heavy atom. The SMILES string of the molecule is Cc1ccc(C(O)C(C)C(C)C)o1. The van der Waals surface area contributed by atoms with Crippen LogP contribution in [0.4, 0.5) is 0 Å². The fourth-order valence-electron chi connectivity index (χ4n) is 1.24. The third-order valence-electron chi connectivity index (χ3n) is 2.60. The lowest BCUT2D eigenvalue weighted by Crippen LogP contribution is -2.14. The molecule has 1 aromatic rings. The molecule has 2 unspecified atom stereocenters. The lowest BCUT2D eigenvalue weighted by Gasteiger charge is -2.20. The molecule has 2 nitrogen and oxygen atoms in total.